The molecule has 2 heterocycles. The van der Waals surface area contributed by atoms with E-state index in [4.69, 9.17) is 4.42 Å². The van der Waals surface area contributed by atoms with Crippen LogP contribution in [0.5, 0.6) is 0 Å². The number of carboxylic acids is 1. The quantitative estimate of drug-likeness (QED) is 0.941. The van der Waals surface area contributed by atoms with E-state index in [-0.39, 0.29) is 5.91 Å². The van der Waals surface area contributed by atoms with Crippen molar-refractivity contribution >= 4 is 11.9 Å². The third kappa shape index (κ3) is 3.44. The molecule has 2 aromatic rings. The number of furan rings is 1. The van der Waals surface area contributed by atoms with E-state index in [1.165, 1.54) is 12.5 Å². The number of hydrogen-bond donors (Lipinski definition) is 1. The van der Waals surface area contributed by atoms with Crippen LogP contribution in [0.2, 0.25) is 0 Å². The van der Waals surface area contributed by atoms with Crippen molar-refractivity contribution in [3.8, 4) is 0 Å². The number of aromatic carboxylic acids is 1. The third-order valence-electron chi connectivity index (χ3n) is 4.43. The molecule has 1 aromatic carbocycles. The molecule has 1 aliphatic heterocycles. The van der Waals surface area contributed by atoms with E-state index in [2.05, 4.69) is 0 Å². The molecule has 1 aliphatic rings. The fourth-order valence-corrected chi connectivity index (χ4v) is 3.13. The molecule has 5 heteroatoms. The molecule has 0 radical (unpaired) electrons. The Balaban J connectivity index is 1.60. The lowest BCUT2D eigenvalue weighted by Crippen LogP contribution is -2.38. The van der Waals surface area contributed by atoms with Crippen molar-refractivity contribution in [2.45, 2.75) is 19.3 Å². The fraction of sp³-hybridized carbons (Fsp3) is 0.333. The number of rotatable bonds is 4. The van der Waals surface area contributed by atoms with Gasteiger partial charge in [-0.25, -0.2) is 4.79 Å². The van der Waals surface area contributed by atoms with Crippen LogP contribution in [0.15, 0.2) is 47.3 Å². The van der Waals surface area contributed by atoms with Crippen LogP contribution >= 0.6 is 0 Å². The Morgan fingerprint density at radius 3 is 2.57 bits per heavy atom. The molecule has 120 valence electrons. The number of carboxylic acid groups (broad SMARTS) is 1. The van der Waals surface area contributed by atoms with E-state index in [1.54, 1.807) is 18.2 Å². The Morgan fingerprint density at radius 2 is 1.91 bits per heavy atom. The number of likely N-dealkylation sites (tertiary alicyclic amines) is 1. The van der Waals surface area contributed by atoms with E-state index in [0.717, 1.165) is 24.8 Å². The zero-order valence-electron chi connectivity index (χ0n) is 12.8. The van der Waals surface area contributed by atoms with E-state index in [1.807, 2.05) is 17.0 Å². The first-order chi connectivity index (χ1) is 11.1. The maximum absolute atomic E-state index is 12.3. The maximum atomic E-state index is 12.3. The minimum Gasteiger partial charge on any atom is -0.478 e. The number of nitrogens with zero attached hydrogens (tertiary/aromatic N) is 1. The van der Waals surface area contributed by atoms with Gasteiger partial charge in [0, 0.05) is 13.1 Å². The molecule has 1 amide bonds. The van der Waals surface area contributed by atoms with Gasteiger partial charge in [0.25, 0.3) is 5.91 Å². The monoisotopic (exact) mass is 313 g/mol. The lowest BCUT2D eigenvalue weighted by atomic mass is 9.88. The molecule has 5 nitrogen and oxygen atoms in total. The van der Waals surface area contributed by atoms with Gasteiger partial charge in [0.1, 0.15) is 6.26 Å². The SMILES string of the molecule is O=C(O)c1ccccc1CC1CCN(C(=O)c2ccoc2)CC1. The van der Waals surface area contributed by atoms with Gasteiger partial charge in [-0.1, -0.05) is 18.2 Å². The summed E-state index contributed by atoms with van der Waals surface area (Å²) in [6.45, 7) is 1.40. The normalized spacial score (nSPS) is 15.6. The van der Waals surface area contributed by atoms with Crippen LogP contribution in [-0.4, -0.2) is 35.0 Å². The topological polar surface area (TPSA) is 70.8 Å². The van der Waals surface area contributed by atoms with Crippen molar-refractivity contribution in [1.82, 2.24) is 4.90 Å². The van der Waals surface area contributed by atoms with E-state index in [9.17, 15) is 14.7 Å². The summed E-state index contributed by atoms with van der Waals surface area (Å²) in [6.07, 6.45) is 5.49. The van der Waals surface area contributed by atoms with Crippen molar-refractivity contribution in [1.29, 1.82) is 0 Å². The van der Waals surface area contributed by atoms with E-state index < -0.39 is 5.97 Å². The smallest absolute Gasteiger partial charge is 0.335 e. The number of carbonyl (C=O) groups excluding carboxylic acids is 1. The molecule has 1 fully saturated rings. The highest BCUT2D eigenvalue weighted by Crippen LogP contribution is 2.24. The second-order valence-electron chi connectivity index (χ2n) is 5.91. The highest BCUT2D eigenvalue weighted by Gasteiger charge is 2.25. The Morgan fingerprint density at radius 1 is 1.17 bits per heavy atom. The molecule has 0 atom stereocenters. The number of carbonyl (C=O) groups is 2. The molecule has 3 rings (SSSR count). The first kappa shape index (κ1) is 15.3. The summed E-state index contributed by atoms with van der Waals surface area (Å²) in [5, 5.41) is 9.25. The Hall–Kier alpha value is -2.56. The highest BCUT2D eigenvalue weighted by molar-refractivity contribution is 5.93. The van der Waals surface area contributed by atoms with Gasteiger partial charge in [-0.2, -0.15) is 0 Å². The zero-order valence-corrected chi connectivity index (χ0v) is 12.8. The minimum atomic E-state index is -0.881. The average molecular weight is 313 g/mol. The van der Waals surface area contributed by atoms with Gasteiger partial charge >= 0.3 is 5.97 Å². The highest BCUT2D eigenvalue weighted by atomic mass is 16.4. The van der Waals surface area contributed by atoms with Crippen LogP contribution in [0.1, 0.15) is 39.1 Å². The van der Waals surface area contributed by atoms with Crippen LogP contribution in [-0.2, 0) is 6.42 Å². The molecular weight excluding hydrogens is 294 g/mol. The zero-order chi connectivity index (χ0) is 16.2. The largest absolute Gasteiger partial charge is 0.478 e. The first-order valence-corrected chi connectivity index (χ1v) is 7.78. The van der Waals surface area contributed by atoms with Gasteiger partial charge in [-0.05, 0) is 42.9 Å². The van der Waals surface area contributed by atoms with Crippen LogP contribution < -0.4 is 0 Å². The van der Waals surface area contributed by atoms with Gasteiger partial charge in [0.2, 0.25) is 0 Å². The van der Waals surface area contributed by atoms with Gasteiger partial charge < -0.3 is 14.4 Å². The summed E-state index contributed by atoms with van der Waals surface area (Å²) in [6, 6.07) is 8.83. The molecule has 0 aliphatic carbocycles. The number of amides is 1. The van der Waals surface area contributed by atoms with Gasteiger partial charge in [-0.15, -0.1) is 0 Å². The van der Waals surface area contributed by atoms with Crippen LogP contribution in [0.4, 0.5) is 0 Å². The van der Waals surface area contributed by atoms with Crippen molar-refractivity contribution < 1.29 is 19.1 Å². The standard InChI is InChI=1S/C18H19NO4/c20-17(15-7-10-23-12-15)19-8-5-13(6-9-19)11-14-3-1-2-4-16(14)18(21)22/h1-4,7,10,12-13H,5-6,8-9,11H2,(H,21,22). The van der Waals surface area contributed by atoms with Crippen molar-refractivity contribution in [2.75, 3.05) is 13.1 Å². The van der Waals surface area contributed by atoms with Crippen molar-refractivity contribution in [3.63, 3.8) is 0 Å². The summed E-state index contributed by atoms with van der Waals surface area (Å²) in [5.74, 6) is -0.472. The fourth-order valence-electron chi connectivity index (χ4n) is 3.13. The Bertz CT molecular complexity index is 685. The second kappa shape index (κ2) is 6.69. The van der Waals surface area contributed by atoms with Crippen LogP contribution in [0.3, 0.4) is 0 Å². The lowest BCUT2D eigenvalue weighted by Gasteiger charge is -2.32. The molecule has 0 saturated carbocycles. The van der Waals surface area contributed by atoms with Gasteiger partial charge in [0.05, 0.1) is 17.4 Å². The van der Waals surface area contributed by atoms with Gasteiger partial charge in [0.15, 0.2) is 0 Å². The molecule has 1 N–H and O–H groups in total. The summed E-state index contributed by atoms with van der Waals surface area (Å²) in [5.41, 5.74) is 1.84. The first-order valence-electron chi connectivity index (χ1n) is 7.78. The Labute approximate surface area is 134 Å². The molecule has 23 heavy (non-hydrogen) atoms. The Kier molecular flexibility index (Phi) is 4.46. The molecule has 0 unspecified atom stereocenters. The minimum absolute atomic E-state index is 0.00290. The second-order valence-corrected chi connectivity index (χ2v) is 5.91. The average Bonchev–Trinajstić information content (AvgIpc) is 3.10. The van der Waals surface area contributed by atoms with E-state index in [0.29, 0.717) is 30.1 Å². The third-order valence-corrected chi connectivity index (χ3v) is 4.43. The summed E-state index contributed by atoms with van der Waals surface area (Å²) in [4.78, 5) is 25.4. The predicted octanol–water partition coefficient (Wildman–Crippen LogP) is 3.07. The molecular formula is C18H19NO4. The number of hydrogen-bond acceptors (Lipinski definition) is 3. The lowest BCUT2D eigenvalue weighted by molar-refractivity contribution is 0.0689. The van der Waals surface area contributed by atoms with Crippen LogP contribution in [0, 0.1) is 5.92 Å². The van der Waals surface area contributed by atoms with Crippen LogP contribution in [0.25, 0.3) is 0 Å². The molecule has 0 bridgehead atoms. The summed E-state index contributed by atoms with van der Waals surface area (Å²) in [7, 11) is 0. The molecule has 1 aromatic heterocycles. The van der Waals surface area contributed by atoms with Crippen molar-refractivity contribution in [2.24, 2.45) is 5.92 Å². The van der Waals surface area contributed by atoms with Gasteiger partial charge in [-0.3, -0.25) is 4.79 Å². The molecule has 0 spiro atoms. The predicted molar refractivity (Wildman–Crippen MR) is 84.4 cm³/mol. The number of piperidine rings is 1. The number of benzene rings is 1. The maximum Gasteiger partial charge on any atom is 0.335 e. The van der Waals surface area contributed by atoms with E-state index >= 15 is 0 Å². The summed E-state index contributed by atoms with van der Waals surface area (Å²) < 4.78 is 4.96. The van der Waals surface area contributed by atoms with Crippen molar-refractivity contribution in [3.05, 3.63) is 59.5 Å². The molecule has 1 saturated heterocycles. The summed E-state index contributed by atoms with van der Waals surface area (Å²) >= 11 is 0.